The molecule has 13 aromatic rings. The number of rotatable bonds is 8. The Kier molecular flexibility index (Phi) is 9.91. The van der Waals surface area contributed by atoms with Gasteiger partial charge in [-0.15, -0.1) is 0 Å². The van der Waals surface area contributed by atoms with Gasteiger partial charge in [-0.1, -0.05) is 199 Å². The van der Waals surface area contributed by atoms with Crippen LogP contribution in [0.15, 0.2) is 243 Å². The van der Waals surface area contributed by atoms with Gasteiger partial charge in [0.25, 0.3) is 0 Å². The number of aromatic nitrogens is 4. The lowest BCUT2D eigenvalue weighted by atomic mass is 9.93. The van der Waals surface area contributed by atoms with Gasteiger partial charge in [0.15, 0.2) is 5.82 Å². The maximum Gasteiger partial charge on any atom is 0.160 e. The summed E-state index contributed by atoms with van der Waals surface area (Å²) in [5.41, 5.74) is 20.8. The molecule has 4 heteroatoms. The molecular formula is C66H46N4. The van der Waals surface area contributed by atoms with Crippen LogP contribution in [0.1, 0.15) is 11.1 Å². The van der Waals surface area contributed by atoms with E-state index in [4.69, 9.17) is 9.97 Å². The van der Waals surface area contributed by atoms with Crippen LogP contribution in [-0.4, -0.2) is 19.1 Å². The fourth-order valence-corrected chi connectivity index (χ4v) is 10.6. The Labute approximate surface area is 407 Å². The van der Waals surface area contributed by atoms with Crippen LogP contribution in [0.3, 0.4) is 0 Å². The zero-order valence-electron chi connectivity index (χ0n) is 38.9. The summed E-state index contributed by atoms with van der Waals surface area (Å²) < 4.78 is 4.93. The van der Waals surface area contributed by atoms with Gasteiger partial charge >= 0.3 is 0 Å². The average molecular weight is 895 g/mol. The molecule has 0 aliphatic heterocycles. The van der Waals surface area contributed by atoms with Crippen molar-refractivity contribution in [3.05, 3.63) is 254 Å². The fraction of sp³-hybridized carbons (Fsp3) is 0.0303. The van der Waals surface area contributed by atoms with E-state index in [1.165, 1.54) is 54.9 Å². The van der Waals surface area contributed by atoms with E-state index in [1.807, 2.05) is 6.07 Å². The number of aryl methyl sites for hydroxylation is 2. The summed E-state index contributed by atoms with van der Waals surface area (Å²) in [7, 11) is 0. The summed E-state index contributed by atoms with van der Waals surface area (Å²) in [4.78, 5) is 10.7. The molecule has 0 saturated carbocycles. The van der Waals surface area contributed by atoms with E-state index < -0.39 is 0 Å². The van der Waals surface area contributed by atoms with Gasteiger partial charge in [0.1, 0.15) is 0 Å². The molecule has 0 amide bonds. The maximum atomic E-state index is 5.49. The Bertz CT molecular complexity index is 4080. The number of hydrogen-bond acceptors (Lipinski definition) is 2. The molecule has 0 atom stereocenters. The third-order valence-corrected chi connectivity index (χ3v) is 13.8. The third kappa shape index (κ3) is 7.00. The minimum Gasteiger partial charge on any atom is -0.309 e. The van der Waals surface area contributed by atoms with E-state index >= 15 is 0 Å². The highest BCUT2D eigenvalue weighted by atomic mass is 15.0. The zero-order chi connectivity index (χ0) is 46.7. The topological polar surface area (TPSA) is 35.6 Å². The Morgan fingerprint density at radius 1 is 0.286 bits per heavy atom. The molecule has 0 fully saturated rings. The molecule has 0 aliphatic rings. The van der Waals surface area contributed by atoms with Crippen LogP contribution in [0.2, 0.25) is 0 Å². The molecule has 0 bridgehead atoms. The number of nitrogens with zero attached hydrogens (tertiary/aromatic N) is 4. The van der Waals surface area contributed by atoms with E-state index in [0.717, 1.165) is 72.6 Å². The highest BCUT2D eigenvalue weighted by Gasteiger charge is 2.25. The van der Waals surface area contributed by atoms with Crippen molar-refractivity contribution in [2.75, 3.05) is 0 Å². The van der Waals surface area contributed by atoms with Gasteiger partial charge < -0.3 is 9.13 Å². The van der Waals surface area contributed by atoms with Crippen molar-refractivity contribution in [2.24, 2.45) is 0 Å². The van der Waals surface area contributed by atoms with Crippen molar-refractivity contribution in [3.63, 3.8) is 0 Å². The van der Waals surface area contributed by atoms with Gasteiger partial charge in [-0.05, 0) is 90.7 Å². The molecule has 0 N–H and O–H groups in total. The first-order valence-electron chi connectivity index (χ1n) is 24.0. The average Bonchev–Trinajstić information content (AvgIpc) is 3.93. The third-order valence-electron chi connectivity index (χ3n) is 13.8. The molecule has 0 spiro atoms. The molecule has 13 rings (SSSR count). The minimum absolute atomic E-state index is 0.675. The summed E-state index contributed by atoms with van der Waals surface area (Å²) in [6.07, 6.45) is 0. The molecule has 3 heterocycles. The second kappa shape index (κ2) is 16.9. The fourth-order valence-electron chi connectivity index (χ4n) is 10.6. The van der Waals surface area contributed by atoms with E-state index in [-0.39, 0.29) is 0 Å². The molecule has 3 aromatic heterocycles. The normalized spacial score (nSPS) is 11.6. The van der Waals surface area contributed by atoms with Crippen molar-refractivity contribution in [1.82, 2.24) is 19.1 Å². The summed E-state index contributed by atoms with van der Waals surface area (Å²) in [5.74, 6) is 0.675. The molecule has 0 unspecified atom stereocenters. The van der Waals surface area contributed by atoms with Crippen molar-refractivity contribution in [1.29, 1.82) is 0 Å². The molecule has 330 valence electrons. The van der Waals surface area contributed by atoms with Crippen molar-refractivity contribution in [2.45, 2.75) is 13.8 Å². The molecular weight excluding hydrogens is 849 g/mol. The van der Waals surface area contributed by atoms with E-state index in [9.17, 15) is 0 Å². The van der Waals surface area contributed by atoms with Crippen LogP contribution in [-0.2, 0) is 0 Å². The predicted molar refractivity (Wildman–Crippen MR) is 293 cm³/mol. The van der Waals surface area contributed by atoms with Crippen LogP contribution in [0.25, 0.3) is 122 Å². The van der Waals surface area contributed by atoms with E-state index in [1.54, 1.807) is 0 Å². The monoisotopic (exact) mass is 894 g/mol. The summed E-state index contributed by atoms with van der Waals surface area (Å²) >= 11 is 0. The van der Waals surface area contributed by atoms with Gasteiger partial charge in [-0.25, -0.2) is 9.97 Å². The second-order valence-corrected chi connectivity index (χ2v) is 18.3. The SMILES string of the molecule is Cc1cccc(-c2ccc3c(c2)c2ccccc2n3-c2ccccc2-c2c(-c3cc(-c4ccccc4)nc(-c4ccccc4)n3)cccc2-n2c3ccccc3c3cc(-c4cccc(C)c4)ccc32)c1. The molecule has 0 saturated heterocycles. The second-order valence-electron chi connectivity index (χ2n) is 18.3. The molecule has 10 aromatic carbocycles. The smallest absolute Gasteiger partial charge is 0.160 e. The van der Waals surface area contributed by atoms with Gasteiger partial charge in [0.05, 0.1) is 44.8 Å². The number of fused-ring (bicyclic) bond motifs is 6. The van der Waals surface area contributed by atoms with E-state index in [0.29, 0.717) is 5.82 Å². The lowest BCUT2D eigenvalue weighted by Gasteiger charge is -2.22. The van der Waals surface area contributed by atoms with Crippen LogP contribution in [0.5, 0.6) is 0 Å². The Morgan fingerprint density at radius 3 is 1.34 bits per heavy atom. The largest absolute Gasteiger partial charge is 0.309 e. The first-order valence-corrected chi connectivity index (χ1v) is 24.0. The van der Waals surface area contributed by atoms with Crippen molar-refractivity contribution in [3.8, 4) is 78.7 Å². The molecule has 0 aliphatic carbocycles. The summed E-state index contributed by atoms with van der Waals surface area (Å²) in [6, 6.07) is 87.7. The number of benzene rings is 10. The Morgan fingerprint density at radius 2 is 0.729 bits per heavy atom. The van der Waals surface area contributed by atoms with Gasteiger partial charge in [0, 0.05) is 49.4 Å². The van der Waals surface area contributed by atoms with Gasteiger partial charge in [-0.3, -0.25) is 0 Å². The van der Waals surface area contributed by atoms with Crippen LogP contribution < -0.4 is 0 Å². The first-order chi connectivity index (χ1) is 34.5. The number of hydrogen-bond donors (Lipinski definition) is 0. The Balaban J connectivity index is 1.12. The minimum atomic E-state index is 0.675. The standard InChI is InChI=1S/C66H46N4/c1-43-18-15-24-47(38-43)49-34-36-62-55(40-49)51-26-9-12-30-59(51)69(62)61-32-14-11-28-54(61)65-53(58-42-57(45-20-5-3-6-21-45)67-66(68-58)46-22-7-4-8-23-46)29-17-33-64(65)70-60-31-13-10-27-52(60)56-41-50(35-37-63(56)70)48-25-16-19-44(2)39-48/h3-42H,1-2H3. The van der Waals surface area contributed by atoms with E-state index in [2.05, 4.69) is 260 Å². The zero-order valence-corrected chi connectivity index (χ0v) is 38.9. The summed E-state index contributed by atoms with van der Waals surface area (Å²) in [6.45, 7) is 4.32. The lowest BCUT2D eigenvalue weighted by molar-refractivity contribution is 1.15. The molecule has 4 nitrogen and oxygen atoms in total. The van der Waals surface area contributed by atoms with Gasteiger partial charge in [-0.2, -0.15) is 0 Å². The molecule has 0 radical (unpaired) electrons. The highest BCUT2D eigenvalue weighted by molar-refractivity contribution is 6.13. The van der Waals surface area contributed by atoms with Crippen molar-refractivity contribution >= 4 is 43.6 Å². The lowest BCUT2D eigenvalue weighted by Crippen LogP contribution is -2.04. The molecule has 70 heavy (non-hydrogen) atoms. The van der Waals surface area contributed by atoms with Crippen LogP contribution >= 0.6 is 0 Å². The van der Waals surface area contributed by atoms with Crippen LogP contribution in [0, 0.1) is 13.8 Å². The highest BCUT2D eigenvalue weighted by Crippen LogP contribution is 2.46. The number of para-hydroxylation sites is 3. The van der Waals surface area contributed by atoms with Gasteiger partial charge in [0.2, 0.25) is 0 Å². The van der Waals surface area contributed by atoms with Crippen LogP contribution in [0.4, 0.5) is 0 Å². The first kappa shape index (κ1) is 41.1. The quantitative estimate of drug-likeness (QED) is 0.152. The summed E-state index contributed by atoms with van der Waals surface area (Å²) in [5, 5.41) is 4.81. The maximum absolute atomic E-state index is 5.49. The predicted octanol–water partition coefficient (Wildman–Crippen LogP) is 17.3. The Hall–Kier alpha value is -9.12. The van der Waals surface area contributed by atoms with Crippen molar-refractivity contribution < 1.29 is 0 Å².